The summed E-state index contributed by atoms with van der Waals surface area (Å²) < 4.78 is 32.1. The molecule has 0 saturated heterocycles. The number of carbonyl (C=O) groups excluding carboxylic acids is 1. The van der Waals surface area contributed by atoms with Gasteiger partial charge in [0, 0.05) is 8.07 Å². The monoisotopic (exact) mass is 355 g/mol. The molecule has 7 heteroatoms. The van der Waals surface area contributed by atoms with E-state index in [4.69, 9.17) is 0 Å². The third kappa shape index (κ3) is 6.68. The highest BCUT2D eigenvalue weighted by molar-refractivity contribution is 7.89. The molecule has 0 aliphatic rings. The number of nitrogens with one attached hydrogen (secondary N) is 1. The summed E-state index contributed by atoms with van der Waals surface area (Å²) in [7, 11) is -3.77. The maximum Gasteiger partial charge on any atom is 0.335 e. The predicted octanol–water partition coefficient (Wildman–Crippen LogP) is 2.71. The predicted molar refractivity (Wildman–Crippen MR) is 95.4 cm³/mol. The molecule has 0 fully saturated rings. The summed E-state index contributed by atoms with van der Waals surface area (Å²) in [5.74, 6) is -0.590. The molecule has 0 amide bonds. The summed E-state index contributed by atoms with van der Waals surface area (Å²) in [5, 5.41) is 0. The van der Waals surface area contributed by atoms with E-state index in [0.29, 0.717) is 11.6 Å². The van der Waals surface area contributed by atoms with Crippen molar-refractivity contribution in [2.24, 2.45) is 0 Å². The number of benzene rings is 1. The van der Waals surface area contributed by atoms with Crippen LogP contribution in [0.3, 0.4) is 0 Å². The molecular formula is C16H25NO4SSi. The number of esters is 1. The summed E-state index contributed by atoms with van der Waals surface area (Å²) in [4.78, 5) is 11.8. The van der Waals surface area contributed by atoms with Crippen LogP contribution in [-0.4, -0.2) is 35.3 Å². The number of ether oxygens (including phenoxy) is 1. The first-order valence-electron chi connectivity index (χ1n) is 7.38. The molecule has 23 heavy (non-hydrogen) atoms. The van der Waals surface area contributed by atoms with Crippen LogP contribution < -0.4 is 4.72 Å². The summed E-state index contributed by atoms with van der Waals surface area (Å²) in [6.45, 7) is 10.0. The van der Waals surface area contributed by atoms with Crippen molar-refractivity contribution in [3.05, 3.63) is 48.0 Å². The second-order valence-electron chi connectivity index (χ2n) is 6.61. The first-order chi connectivity index (χ1) is 10.6. The average Bonchev–Trinajstić information content (AvgIpc) is 2.49. The fraction of sp³-hybridized carbons (Fsp3) is 0.438. The van der Waals surface area contributed by atoms with Gasteiger partial charge in [0.25, 0.3) is 0 Å². The van der Waals surface area contributed by atoms with Crippen molar-refractivity contribution in [2.45, 2.75) is 31.7 Å². The Morgan fingerprint density at radius 2 is 1.83 bits per heavy atom. The van der Waals surface area contributed by atoms with Gasteiger partial charge in [0.05, 0.1) is 24.5 Å². The van der Waals surface area contributed by atoms with Gasteiger partial charge in [-0.1, -0.05) is 56.6 Å². The quantitative estimate of drug-likeness (QED) is 0.442. The molecule has 1 unspecified atom stereocenters. The van der Waals surface area contributed by atoms with Gasteiger partial charge in [-0.15, -0.1) is 0 Å². The zero-order valence-electron chi connectivity index (χ0n) is 14.1. The molecule has 1 aromatic rings. The Labute approximate surface area is 139 Å². The third-order valence-corrected chi connectivity index (χ3v) is 6.80. The summed E-state index contributed by atoms with van der Waals surface area (Å²) >= 11 is 0. The normalized spacial score (nSPS) is 13.4. The fourth-order valence-corrected chi connectivity index (χ4v) is 6.19. The van der Waals surface area contributed by atoms with Crippen molar-refractivity contribution in [2.75, 3.05) is 12.9 Å². The van der Waals surface area contributed by atoms with Crippen molar-refractivity contribution in [3.63, 3.8) is 0 Å². The van der Waals surface area contributed by atoms with Gasteiger partial charge in [-0.05, 0) is 11.6 Å². The van der Waals surface area contributed by atoms with Crippen molar-refractivity contribution >= 4 is 24.1 Å². The zero-order chi connectivity index (χ0) is 17.7. The van der Waals surface area contributed by atoms with Crippen LogP contribution in [0.5, 0.6) is 0 Å². The molecule has 0 aliphatic carbocycles. The van der Waals surface area contributed by atoms with Crippen LogP contribution in [-0.2, 0) is 19.6 Å². The highest BCUT2D eigenvalue weighted by atomic mass is 32.2. The van der Waals surface area contributed by atoms with Crippen molar-refractivity contribution in [1.29, 1.82) is 0 Å². The molecule has 128 valence electrons. The Hall–Kier alpha value is -1.44. The molecule has 5 nitrogen and oxygen atoms in total. The summed E-state index contributed by atoms with van der Waals surface area (Å²) in [5.41, 5.74) is 0.717. The Bertz CT molecular complexity index is 650. The summed E-state index contributed by atoms with van der Waals surface area (Å²) in [6, 6.07) is 8.71. The molecule has 1 N–H and O–H groups in total. The van der Waals surface area contributed by atoms with E-state index >= 15 is 0 Å². The molecule has 0 aliphatic heterocycles. The maximum absolute atomic E-state index is 12.4. The van der Waals surface area contributed by atoms with Crippen LogP contribution in [0.1, 0.15) is 11.6 Å². The first kappa shape index (κ1) is 19.6. The smallest absolute Gasteiger partial charge is 0.335 e. The Morgan fingerprint density at radius 1 is 1.26 bits per heavy atom. The van der Waals surface area contributed by atoms with Gasteiger partial charge in [0.15, 0.2) is 0 Å². The van der Waals surface area contributed by atoms with Crippen LogP contribution in [0.25, 0.3) is 0 Å². The van der Waals surface area contributed by atoms with Gasteiger partial charge in [0.2, 0.25) is 10.0 Å². The topological polar surface area (TPSA) is 72.5 Å². The summed E-state index contributed by atoms with van der Waals surface area (Å²) in [6.07, 6.45) is 0. The standard InChI is InChI=1S/C16H25NO4SSi/c1-13(16(18)21-2)15(14-9-7-6-8-10-14)17-22(19,20)11-12-23(3,4)5/h6-10,15,17H,1,11-12H2,2-5H3. The van der Waals surface area contributed by atoms with E-state index in [1.807, 2.05) is 6.07 Å². The minimum absolute atomic E-state index is 0.0422. The van der Waals surface area contributed by atoms with Gasteiger partial charge < -0.3 is 4.74 Å². The molecular weight excluding hydrogens is 330 g/mol. The number of methoxy groups -OCH3 is 1. The van der Waals surface area contributed by atoms with Crippen LogP contribution in [0.15, 0.2) is 42.5 Å². The lowest BCUT2D eigenvalue weighted by atomic mass is 10.0. The van der Waals surface area contributed by atoms with Gasteiger partial charge in [-0.3, -0.25) is 0 Å². The fourth-order valence-electron chi connectivity index (χ4n) is 1.91. The average molecular weight is 356 g/mol. The van der Waals surface area contributed by atoms with E-state index in [-0.39, 0.29) is 11.3 Å². The lowest BCUT2D eigenvalue weighted by Crippen LogP contribution is -2.35. The Kier molecular flexibility index (Phi) is 6.73. The third-order valence-electron chi connectivity index (χ3n) is 3.35. The lowest BCUT2D eigenvalue weighted by molar-refractivity contribution is -0.136. The molecule has 0 bridgehead atoms. The molecule has 0 spiro atoms. The molecule has 0 radical (unpaired) electrons. The molecule has 0 saturated carbocycles. The van der Waals surface area contributed by atoms with Crippen molar-refractivity contribution in [3.8, 4) is 0 Å². The van der Waals surface area contributed by atoms with E-state index in [1.165, 1.54) is 7.11 Å². The van der Waals surface area contributed by atoms with E-state index < -0.39 is 30.1 Å². The Balaban J connectivity index is 3.02. The first-order valence-corrected chi connectivity index (χ1v) is 12.7. The molecule has 0 heterocycles. The number of carbonyl (C=O) groups is 1. The van der Waals surface area contributed by atoms with Crippen LogP contribution in [0, 0.1) is 0 Å². The molecule has 1 rings (SSSR count). The van der Waals surface area contributed by atoms with Gasteiger partial charge in [-0.25, -0.2) is 17.9 Å². The van der Waals surface area contributed by atoms with Crippen LogP contribution >= 0.6 is 0 Å². The number of sulfonamides is 1. The van der Waals surface area contributed by atoms with Crippen molar-refractivity contribution < 1.29 is 17.9 Å². The number of hydrogen-bond acceptors (Lipinski definition) is 4. The largest absolute Gasteiger partial charge is 0.466 e. The van der Waals surface area contributed by atoms with E-state index in [9.17, 15) is 13.2 Å². The lowest BCUT2D eigenvalue weighted by Gasteiger charge is -2.22. The van der Waals surface area contributed by atoms with E-state index in [2.05, 4.69) is 35.7 Å². The maximum atomic E-state index is 12.4. The van der Waals surface area contributed by atoms with E-state index in [1.54, 1.807) is 24.3 Å². The van der Waals surface area contributed by atoms with Gasteiger partial charge in [0.1, 0.15) is 0 Å². The Morgan fingerprint density at radius 3 is 2.30 bits per heavy atom. The number of hydrogen-bond donors (Lipinski definition) is 1. The number of rotatable bonds is 8. The highest BCUT2D eigenvalue weighted by Crippen LogP contribution is 2.23. The second kappa shape index (κ2) is 7.90. The SMILES string of the molecule is C=C(C(=O)OC)C(NS(=O)(=O)CC[Si](C)(C)C)c1ccccc1. The van der Waals surface area contributed by atoms with E-state index in [0.717, 1.165) is 0 Å². The minimum atomic E-state index is -3.53. The van der Waals surface area contributed by atoms with Gasteiger partial charge in [-0.2, -0.15) is 0 Å². The highest BCUT2D eigenvalue weighted by Gasteiger charge is 2.27. The van der Waals surface area contributed by atoms with Crippen molar-refractivity contribution in [1.82, 2.24) is 4.72 Å². The second-order valence-corrected chi connectivity index (χ2v) is 14.1. The molecule has 0 aromatic heterocycles. The minimum Gasteiger partial charge on any atom is -0.466 e. The van der Waals surface area contributed by atoms with Crippen LogP contribution in [0.2, 0.25) is 25.7 Å². The van der Waals surface area contributed by atoms with Gasteiger partial charge >= 0.3 is 5.97 Å². The molecule has 1 aromatic carbocycles. The van der Waals surface area contributed by atoms with Crippen LogP contribution in [0.4, 0.5) is 0 Å². The molecule has 1 atom stereocenters. The zero-order valence-corrected chi connectivity index (χ0v) is 15.9.